The predicted octanol–water partition coefficient (Wildman–Crippen LogP) is 2.95. The lowest BCUT2D eigenvalue weighted by molar-refractivity contribution is -0.119. The zero-order valence-corrected chi connectivity index (χ0v) is 14.7. The lowest BCUT2D eigenvalue weighted by Gasteiger charge is -2.27. The van der Waals surface area contributed by atoms with Gasteiger partial charge < -0.3 is 15.5 Å². The largest absolute Gasteiger partial charge is 0.326 e. The van der Waals surface area contributed by atoms with E-state index in [2.05, 4.69) is 10.6 Å². The minimum atomic E-state index is 0. The van der Waals surface area contributed by atoms with E-state index in [0.717, 1.165) is 50.3 Å². The van der Waals surface area contributed by atoms with Crippen LogP contribution in [0.25, 0.3) is 0 Å². The Labute approximate surface area is 149 Å². The van der Waals surface area contributed by atoms with Crippen molar-refractivity contribution >= 4 is 35.6 Å². The second-order valence-corrected chi connectivity index (χ2v) is 6.50. The number of hydrogen-bond donors (Lipinski definition) is 2. The number of hydrogen-bond acceptors (Lipinski definition) is 3. The first-order valence-electron chi connectivity index (χ1n) is 8.63. The van der Waals surface area contributed by atoms with E-state index in [1.807, 2.05) is 29.2 Å². The van der Waals surface area contributed by atoms with Gasteiger partial charge in [0.25, 0.3) is 0 Å². The summed E-state index contributed by atoms with van der Waals surface area (Å²) in [5.74, 6) is 0.852. The van der Waals surface area contributed by atoms with Crippen LogP contribution in [0.5, 0.6) is 0 Å². The summed E-state index contributed by atoms with van der Waals surface area (Å²) in [7, 11) is 0. The van der Waals surface area contributed by atoms with Crippen molar-refractivity contribution in [3.05, 3.63) is 24.3 Å². The van der Waals surface area contributed by atoms with E-state index < -0.39 is 0 Å². The lowest BCUT2D eigenvalue weighted by atomic mass is 10.0. The molecule has 2 saturated heterocycles. The summed E-state index contributed by atoms with van der Waals surface area (Å²) in [6.07, 6.45) is 5.29. The molecule has 0 aromatic heterocycles. The first kappa shape index (κ1) is 18.7. The van der Waals surface area contributed by atoms with Crippen LogP contribution in [-0.2, 0) is 9.59 Å². The lowest BCUT2D eigenvalue weighted by Crippen LogP contribution is -2.35. The Morgan fingerprint density at radius 3 is 2.96 bits per heavy atom. The molecule has 6 heteroatoms. The van der Waals surface area contributed by atoms with E-state index in [0.29, 0.717) is 18.8 Å². The minimum Gasteiger partial charge on any atom is -0.326 e. The van der Waals surface area contributed by atoms with Crippen LogP contribution in [0.15, 0.2) is 24.3 Å². The van der Waals surface area contributed by atoms with Gasteiger partial charge >= 0.3 is 0 Å². The monoisotopic (exact) mass is 351 g/mol. The number of nitrogens with one attached hydrogen (secondary N) is 2. The van der Waals surface area contributed by atoms with Gasteiger partial charge in [0.2, 0.25) is 11.8 Å². The standard InChI is InChI=1S/C18H25N3O2.ClH/c22-17(8-7-14-9-10-19-13-14)20-15-4-3-5-16(12-15)21-11-2-1-6-18(21)23;/h3-5,12,14,19H,1-2,6-11,13H2,(H,20,22);1H. The number of piperidine rings is 1. The van der Waals surface area contributed by atoms with Crippen molar-refractivity contribution < 1.29 is 9.59 Å². The van der Waals surface area contributed by atoms with Gasteiger partial charge in [-0.3, -0.25) is 9.59 Å². The molecule has 0 saturated carbocycles. The van der Waals surface area contributed by atoms with E-state index in [1.54, 1.807) is 0 Å². The second-order valence-electron chi connectivity index (χ2n) is 6.50. The summed E-state index contributed by atoms with van der Waals surface area (Å²) < 4.78 is 0. The number of benzene rings is 1. The summed E-state index contributed by atoms with van der Waals surface area (Å²) in [4.78, 5) is 25.9. The summed E-state index contributed by atoms with van der Waals surface area (Å²) in [6.45, 7) is 2.86. The molecule has 3 rings (SSSR count). The predicted molar refractivity (Wildman–Crippen MR) is 98.7 cm³/mol. The molecule has 2 heterocycles. The third-order valence-corrected chi connectivity index (χ3v) is 4.71. The van der Waals surface area contributed by atoms with E-state index in [1.165, 1.54) is 6.42 Å². The normalized spacial score (nSPS) is 20.6. The third kappa shape index (κ3) is 4.95. The number of halogens is 1. The fourth-order valence-electron chi connectivity index (χ4n) is 3.35. The van der Waals surface area contributed by atoms with Gasteiger partial charge in [0, 0.05) is 30.8 Å². The zero-order chi connectivity index (χ0) is 16.1. The highest BCUT2D eigenvalue weighted by Gasteiger charge is 2.20. The van der Waals surface area contributed by atoms with Crippen LogP contribution in [0.4, 0.5) is 11.4 Å². The van der Waals surface area contributed by atoms with Crippen molar-refractivity contribution in [1.29, 1.82) is 0 Å². The van der Waals surface area contributed by atoms with Crippen LogP contribution < -0.4 is 15.5 Å². The summed E-state index contributed by atoms with van der Waals surface area (Å²) in [5.41, 5.74) is 1.66. The van der Waals surface area contributed by atoms with E-state index in [4.69, 9.17) is 0 Å². The maximum absolute atomic E-state index is 12.1. The topological polar surface area (TPSA) is 61.4 Å². The summed E-state index contributed by atoms with van der Waals surface area (Å²) in [5, 5.41) is 6.29. The molecule has 0 spiro atoms. The van der Waals surface area contributed by atoms with Gasteiger partial charge in [0.1, 0.15) is 0 Å². The van der Waals surface area contributed by atoms with Crippen molar-refractivity contribution in [2.24, 2.45) is 5.92 Å². The van der Waals surface area contributed by atoms with Crippen LogP contribution in [0, 0.1) is 5.92 Å². The van der Waals surface area contributed by atoms with Crippen molar-refractivity contribution in [3.8, 4) is 0 Å². The Hall–Kier alpha value is -1.59. The second kappa shape index (κ2) is 9.04. The van der Waals surface area contributed by atoms with Crippen LogP contribution in [0.2, 0.25) is 0 Å². The highest BCUT2D eigenvalue weighted by molar-refractivity contribution is 5.96. The van der Waals surface area contributed by atoms with Crippen molar-refractivity contribution in [1.82, 2.24) is 5.32 Å². The first-order chi connectivity index (χ1) is 11.2. The molecule has 2 fully saturated rings. The van der Waals surface area contributed by atoms with Crippen LogP contribution in [-0.4, -0.2) is 31.4 Å². The molecule has 132 valence electrons. The molecular weight excluding hydrogens is 326 g/mol. The van der Waals surface area contributed by atoms with Gasteiger partial charge in [-0.1, -0.05) is 6.07 Å². The number of rotatable bonds is 5. The molecule has 1 atom stereocenters. The summed E-state index contributed by atoms with van der Waals surface area (Å²) in [6, 6.07) is 7.61. The van der Waals surface area contributed by atoms with E-state index in [9.17, 15) is 9.59 Å². The van der Waals surface area contributed by atoms with Gasteiger partial charge in [-0.05, 0) is 62.9 Å². The van der Waals surface area contributed by atoms with E-state index >= 15 is 0 Å². The molecule has 0 radical (unpaired) electrons. The maximum atomic E-state index is 12.1. The smallest absolute Gasteiger partial charge is 0.226 e. The Bertz CT molecular complexity index is 573. The quantitative estimate of drug-likeness (QED) is 0.857. The first-order valence-corrected chi connectivity index (χ1v) is 8.63. The minimum absolute atomic E-state index is 0. The Kier molecular flexibility index (Phi) is 7.06. The Morgan fingerprint density at radius 1 is 1.33 bits per heavy atom. The van der Waals surface area contributed by atoms with Crippen molar-refractivity contribution in [3.63, 3.8) is 0 Å². The number of carbonyl (C=O) groups is 2. The molecule has 1 aromatic carbocycles. The van der Waals surface area contributed by atoms with Gasteiger partial charge in [0.05, 0.1) is 0 Å². The Morgan fingerprint density at radius 2 is 2.21 bits per heavy atom. The van der Waals surface area contributed by atoms with Crippen LogP contribution >= 0.6 is 12.4 Å². The third-order valence-electron chi connectivity index (χ3n) is 4.71. The summed E-state index contributed by atoms with van der Waals surface area (Å²) >= 11 is 0. The van der Waals surface area contributed by atoms with Crippen LogP contribution in [0.1, 0.15) is 38.5 Å². The average Bonchev–Trinajstić information content (AvgIpc) is 3.07. The average molecular weight is 352 g/mol. The molecule has 2 amide bonds. The van der Waals surface area contributed by atoms with Crippen molar-refractivity contribution in [2.75, 3.05) is 29.9 Å². The van der Waals surface area contributed by atoms with Gasteiger partial charge in [0.15, 0.2) is 0 Å². The maximum Gasteiger partial charge on any atom is 0.226 e. The molecule has 1 aromatic rings. The zero-order valence-electron chi connectivity index (χ0n) is 13.9. The number of anilines is 2. The molecule has 2 N–H and O–H groups in total. The molecule has 24 heavy (non-hydrogen) atoms. The van der Waals surface area contributed by atoms with Gasteiger partial charge in [-0.2, -0.15) is 0 Å². The molecule has 0 bridgehead atoms. The SMILES string of the molecule is Cl.O=C(CCC1CCNC1)Nc1cccc(N2CCCCC2=O)c1. The molecule has 2 aliphatic rings. The number of amides is 2. The highest BCUT2D eigenvalue weighted by atomic mass is 35.5. The molecular formula is C18H26ClN3O2. The number of carbonyl (C=O) groups excluding carboxylic acids is 2. The highest BCUT2D eigenvalue weighted by Crippen LogP contribution is 2.24. The molecule has 0 aliphatic carbocycles. The van der Waals surface area contributed by atoms with Gasteiger partial charge in [-0.15, -0.1) is 12.4 Å². The Balaban J connectivity index is 0.00000208. The number of nitrogens with zero attached hydrogens (tertiary/aromatic N) is 1. The molecule has 5 nitrogen and oxygen atoms in total. The van der Waals surface area contributed by atoms with E-state index in [-0.39, 0.29) is 24.2 Å². The van der Waals surface area contributed by atoms with Crippen LogP contribution in [0.3, 0.4) is 0 Å². The molecule has 1 unspecified atom stereocenters. The molecule has 2 aliphatic heterocycles. The van der Waals surface area contributed by atoms with Gasteiger partial charge in [-0.25, -0.2) is 0 Å². The fourth-order valence-corrected chi connectivity index (χ4v) is 3.35. The van der Waals surface area contributed by atoms with Crippen molar-refractivity contribution in [2.45, 2.75) is 38.5 Å². The fraction of sp³-hybridized carbons (Fsp3) is 0.556.